The zero-order valence-electron chi connectivity index (χ0n) is 13.5. The molecule has 0 radical (unpaired) electrons. The van der Waals surface area contributed by atoms with E-state index < -0.39 is 27.9 Å². The predicted molar refractivity (Wildman–Crippen MR) is 95.6 cm³/mol. The summed E-state index contributed by atoms with van der Waals surface area (Å²) in [6, 6.07) is 12.0. The van der Waals surface area contributed by atoms with Gasteiger partial charge in [-0.2, -0.15) is 0 Å². The molecule has 0 spiro atoms. The average molecular weight is 382 g/mol. The molecule has 0 bridgehead atoms. The fourth-order valence-corrected chi connectivity index (χ4v) is 2.71. The van der Waals surface area contributed by atoms with Crippen LogP contribution in [0.1, 0.15) is 27.6 Å². The molecule has 1 N–H and O–H groups in total. The van der Waals surface area contributed by atoms with Crippen LogP contribution in [0.15, 0.2) is 48.5 Å². The molecule has 1 atom stereocenters. The van der Waals surface area contributed by atoms with Crippen molar-refractivity contribution in [1.29, 1.82) is 0 Å². The van der Waals surface area contributed by atoms with E-state index in [1.165, 1.54) is 43.3 Å². The van der Waals surface area contributed by atoms with Crippen molar-refractivity contribution < 1.29 is 22.7 Å². The van der Waals surface area contributed by atoms with E-state index in [2.05, 4.69) is 4.72 Å². The van der Waals surface area contributed by atoms with Crippen molar-refractivity contribution in [2.45, 2.75) is 13.0 Å². The number of Topliss-reactive ketones (excluding diaryl/α,β-unsaturated/α-hetero) is 1. The highest BCUT2D eigenvalue weighted by Gasteiger charge is 2.20. The van der Waals surface area contributed by atoms with Crippen LogP contribution in [-0.2, 0) is 14.8 Å². The maximum atomic E-state index is 12.3. The molecular formula is C17H16ClNO5S. The van der Waals surface area contributed by atoms with E-state index in [-0.39, 0.29) is 5.56 Å². The van der Waals surface area contributed by atoms with Crippen molar-refractivity contribution in [3.05, 3.63) is 64.7 Å². The summed E-state index contributed by atoms with van der Waals surface area (Å²) in [5.74, 6) is -1.03. The maximum Gasteiger partial charge on any atom is 0.338 e. The smallest absolute Gasteiger partial charge is 0.338 e. The van der Waals surface area contributed by atoms with Gasteiger partial charge in [0.15, 0.2) is 6.10 Å². The minimum atomic E-state index is -3.39. The van der Waals surface area contributed by atoms with E-state index in [1.807, 2.05) is 0 Å². The third kappa shape index (κ3) is 5.58. The molecule has 0 aliphatic carbocycles. The first-order chi connectivity index (χ1) is 11.7. The molecule has 0 amide bonds. The van der Waals surface area contributed by atoms with Gasteiger partial charge in [0, 0.05) is 16.3 Å². The zero-order valence-corrected chi connectivity index (χ0v) is 15.1. The van der Waals surface area contributed by atoms with E-state index in [9.17, 15) is 18.0 Å². The summed E-state index contributed by atoms with van der Waals surface area (Å²) in [6.45, 7) is 1.47. The number of hydrogen-bond donors (Lipinski definition) is 1. The van der Waals surface area contributed by atoms with Crippen molar-refractivity contribution >= 4 is 39.1 Å². The van der Waals surface area contributed by atoms with E-state index in [4.69, 9.17) is 16.3 Å². The molecule has 0 aliphatic heterocycles. The second kappa shape index (κ2) is 7.67. The summed E-state index contributed by atoms with van der Waals surface area (Å²) in [7, 11) is -3.39. The highest BCUT2D eigenvalue weighted by atomic mass is 35.5. The number of hydrogen-bond acceptors (Lipinski definition) is 5. The van der Waals surface area contributed by atoms with Gasteiger partial charge in [-0.3, -0.25) is 9.52 Å². The molecule has 8 heteroatoms. The van der Waals surface area contributed by atoms with Gasteiger partial charge in [-0.1, -0.05) is 11.6 Å². The zero-order chi connectivity index (χ0) is 18.6. The van der Waals surface area contributed by atoms with E-state index >= 15 is 0 Å². The van der Waals surface area contributed by atoms with Crippen molar-refractivity contribution in [1.82, 2.24) is 0 Å². The number of benzene rings is 2. The number of carbonyl (C=O) groups is 2. The molecule has 0 saturated carbocycles. The van der Waals surface area contributed by atoms with Crippen LogP contribution in [0.4, 0.5) is 5.69 Å². The lowest BCUT2D eigenvalue weighted by atomic mass is 10.1. The second-order valence-electron chi connectivity index (χ2n) is 5.37. The molecule has 0 aromatic heterocycles. The minimum absolute atomic E-state index is 0.289. The van der Waals surface area contributed by atoms with Gasteiger partial charge in [-0.25, -0.2) is 13.2 Å². The number of ketones is 1. The average Bonchev–Trinajstić information content (AvgIpc) is 2.54. The number of anilines is 1. The number of nitrogens with one attached hydrogen (secondary N) is 1. The first-order valence-corrected chi connectivity index (χ1v) is 9.51. The van der Waals surface area contributed by atoms with Gasteiger partial charge in [-0.05, 0) is 55.5 Å². The standard InChI is InChI=1S/C17H16ClNO5S/c1-11(24-17(21)13-3-7-14(18)8-4-13)16(20)12-5-9-15(10-6-12)19-25(2,22)23/h3-11,19H,1-2H3/t11-/m0/s1. The van der Waals surface area contributed by atoms with Crippen LogP contribution in [0.5, 0.6) is 0 Å². The minimum Gasteiger partial charge on any atom is -0.451 e. The van der Waals surface area contributed by atoms with Gasteiger partial charge < -0.3 is 4.74 Å². The van der Waals surface area contributed by atoms with Gasteiger partial charge >= 0.3 is 5.97 Å². The Bertz CT molecular complexity index is 876. The third-order valence-electron chi connectivity index (χ3n) is 3.21. The quantitative estimate of drug-likeness (QED) is 0.613. The first-order valence-electron chi connectivity index (χ1n) is 7.24. The molecule has 2 rings (SSSR count). The summed E-state index contributed by atoms with van der Waals surface area (Å²) >= 11 is 5.76. The fourth-order valence-electron chi connectivity index (χ4n) is 2.02. The normalized spacial score (nSPS) is 12.3. The number of ether oxygens (including phenoxy) is 1. The highest BCUT2D eigenvalue weighted by Crippen LogP contribution is 2.15. The Balaban J connectivity index is 2.04. The Labute approximate surface area is 150 Å². The Hall–Kier alpha value is -2.38. The highest BCUT2D eigenvalue weighted by molar-refractivity contribution is 7.92. The van der Waals surface area contributed by atoms with Crippen LogP contribution in [0, 0.1) is 0 Å². The topological polar surface area (TPSA) is 89.5 Å². The molecule has 0 fully saturated rings. The van der Waals surface area contributed by atoms with Crippen molar-refractivity contribution in [2.75, 3.05) is 11.0 Å². The Kier molecular flexibility index (Phi) is 5.81. The summed E-state index contributed by atoms with van der Waals surface area (Å²) in [5, 5.41) is 0.489. The lowest BCUT2D eigenvalue weighted by Gasteiger charge is -2.13. The van der Waals surface area contributed by atoms with Crippen LogP contribution in [-0.4, -0.2) is 32.5 Å². The van der Waals surface area contributed by atoms with Crippen LogP contribution in [0.3, 0.4) is 0 Å². The third-order valence-corrected chi connectivity index (χ3v) is 4.06. The van der Waals surface area contributed by atoms with E-state index in [0.29, 0.717) is 16.3 Å². The predicted octanol–water partition coefficient (Wildman–Crippen LogP) is 3.14. The molecule has 132 valence electrons. The van der Waals surface area contributed by atoms with E-state index in [1.54, 1.807) is 12.1 Å². The molecule has 0 unspecified atom stereocenters. The van der Waals surface area contributed by atoms with Gasteiger partial charge in [-0.15, -0.1) is 0 Å². The van der Waals surface area contributed by atoms with Crippen LogP contribution in [0.2, 0.25) is 5.02 Å². The van der Waals surface area contributed by atoms with Crippen LogP contribution in [0.25, 0.3) is 0 Å². The number of rotatable bonds is 6. The number of sulfonamides is 1. The largest absolute Gasteiger partial charge is 0.451 e. The van der Waals surface area contributed by atoms with Crippen molar-refractivity contribution in [2.24, 2.45) is 0 Å². The monoisotopic (exact) mass is 381 g/mol. The lowest BCUT2D eigenvalue weighted by Crippen LogP contribution is -2.24. The first kappa shape index (κ1) is 19.0. The summed E-state index contributed by atoms with van der Waals surface area (Å²) in [5.41, 5.74) is 0.928. The van der Waals surface area contributed by atoms with Gasteiger partial charge in [0.2, 0.25) is 15.8 Å². The lowest BCUT2D eigenvalue weighted by molar-refractivity contribution is 0.0319. The number of esters is 1. The molecule has 0 saturated heterocycles. The SMILES string of the molecule is C[C@H](OC(=O)c1ccc(Cl)cc1)C(=O)c1ccc(NS(C)(=O)=O)cc1. The summed E-state index contributed by atoms with van der Waals surface area (Å²) < 4.78 is 29.8. The van der Waals surface area contributed by atoms with Gasteiger partial charge in [0.05, 0.1) is 11.8 Å². The summed E-state index contributed by atoms with van der Waals surface area (Å²) in [4.78, 5) is 24.3. The second-order valence-corrected chi connectivity index (χ2v) is 7.56. The van der Waals surface area contributed by atoms with E-state index in [0.717, 1.165) is 6.26 Å². The molecule has 0 heterocycles. The molecule has 2 aromatic rings. The van der Waals surface area contributed by atoms with Gasteiger partial charge in [0.1, 0.15) is 0 Å². The van der Waals surface area contributed by atoms with Crippen LogP contribution >= 0.6 is 11.6 Å². The Morgan fingerprint density at radius 2 is 1.52 bits per heavy atom. The molecule has 25 heavy (non-hydrogen) atoms. The van der Waals surface area contributed by atoms with Gasteiger partial charge in [0.25, 0.3) is 0 Å². The number of halogens is 1. The number of carbonyl (C=O) groups excluding carboxylic acids is 2. The Morgan fingerprint density at radius 3 is 2.04 bits per heavy atom. The van der Waals surface area contributed by atoms with Crippen molar-refractivity contribution in [3.8, 4) is 0 Å². The van der Waals surface area contributed by atoms with Crippen molar-refractivity contribution in [3.63, 3.8) is 0 Å². The summed E-state index contributed by atoms with van der Waals surface area (Å²) in [6.07, 6.45) is 0.0431. The maximum absolute atomic E-state index is 12.3. The molecular weight excluding hydrogens is 366 g/mol. The fraction of sp³-hybridized carbons (Fsp3) is 0.176. The molecule has 0 aliphatic rings. The molecule has 6 nitrogen and oxygen atoms in total. The Morgan fingerprint density at radius 1 is 1.00 bits per heavy atom. The molecule has 2 aromatic carbocycles. The van der Waals surface area contributed by atoms with Crippen LogP contribution < -0.4 is 4.72 Å².